The summed E-state index contributed by atoms with van der Waals surface area (Å²) in [5.74, 6) is 0. The number of hydrogen-bond donors (Lipinski definition) is 0. The van der Waals surface area contributed by atoms with Gasteiger partial charge in [0.2, 0.25) is 0 Å². The van der Waals surface area contributed by atoms with Gasteiger partial charge in [0.05, 0.1) is 20.4 Å². The van der Waals surface area contributed by atoms with Gasteiger partial charge < -0.3 is 0 Å². The Bertz CT molecular complexity index is 1440. The second-order valence-corrected chi connectivity index (χ2v) is 8.89. The maximum absolute atomic E-state index is 5.04. The molecule has 0 aliphatic heterocycles. The maximum Gasteiger partial charge on any atom is 0.195 e. The van der Waals surface area contributed by atoms with Gasteiger partial charge in [0, 0.05) is 5.56 Å². The van der Waals surface area contributed by atoms with E-state index in [2.05, 4.69) is 72.0 Å². The van der Waals surface area contributed by atoms with Crippen LogP contribution in [0.15, 0.2) is 72.8 Å². The van der Waals surface area contributed by atoms with Crippen molar-refractivity contribution in [2.24, 2.45) is 0 Å². The Morgan fingerprint density at radius 2 is 1.61 bits per heavy atom. The molecule has 0 amide bonds. The van der Waals surface area contributed by atoms with Crippen molar-refractivity contribution in [3.8, 4) is 22.0 Å². The molecule has 3 aromatic heterocycles. The van der Waals surface area contributed by atoms with Gasteiger partial charge >= 0.3 is 0 Å². The van der Waals surface area contributed by atoms with Crippen molar-refractivity contribution in [3.63, 3.8) is 0 Å². The summed E-state index contributed by atoms with van der Waals surface area (Å²) < 4.78 is 4.73. The van der Waals surface area contributed by atoms with Gasteiger partial charge in [-0.15, -0.1) is 11.3 Å². The number of para-hydroxylation sites is 1. The van der Waals surface area contributed by atoms with Gasteiger partial charge in [0.1, 0.15) is 16.4 Å². The number of nitrogens with zero attached hydrogens (tertiary/aromatic N) is 3. The first-order valence-corrected chi connectivity index (χ1v) is 10.7. The minimum Gasteiger partial charge on any atom is -0.280 e. The number of imidazole rings is 1. The molecule has 0 unspecified atom stereocenters. The molecule has 0 bridgehead atoms. The van der Waals surface area contributed by atoms with E-state index < -0.39 is 0 Å². The zero-order valence-electron chi connectivity index (χ0n) is 15.1. The van der Waals surface area contributed by atoms with E-state index in [9.17, 15) is 0 Å². The Kier molecular flexibility index (Phi) is 3.42. The van der Waals surface area contributed by atoms with Crippen molar-refractivity contribution in [2.75, 3.05) is 0 Å². The third kappa shape index (κ3) is 2.33. The molecule has 134 valence electrons. The lowest BCUT2D eigenvalue weighted by molar-refractivity contribution is 1.28. The number of aryl methyl sites for hydroxylation is 1. The van der Waals surface area contributed by atoms with Crippen molar-refractivity contribution in [1.29, 1.82) is 0 Å². The van der Waals surface area contributed by atoms with Gasteiger partial charge in [0.15, 0.2) is 4.96 Å². The Balaban J connectivity index is 1.75. The molecule has 0 spiro atoms. The molecule has 3 heterocycles. The fourth-order valence-corrected chi connectivity index (χ4v) is 5.77. The maximum atomic E-state index is 5.04. The molecular weight excluding hydrogens is 382 g/mol. The number of fused-ring (bicyclic) bond motifs is 4. The summed E-state index contributed by atoms with van der Waals surface area (Å²) >= 11 is 3.46. The minimum absolute atomic E-state index is 0.994. The average Bonchev–Trinajstić information content (AvgIpc) is 3.38. The fraction of sp³-hybridized carbons (Fsp3) is 0.0435. The van der Waals surface area contributed by atoms with Crippen molar-refractivity contribution in [3.05, 3.63) is 78.4 Å². The predicted octanol–water partition coefficient (Wildman–Crippen LogP) is 6.80. The summed E-state index contributed by atoms with van der Waals surface area (Å²) in [6.45, 7) is 2.13. The highest BCUT2D eigenvalue weighted by Crippen LogP contribution is 2.41. The molecule has 0 fully saturated rings. The topological polar surface area (TPSA) is 30.2 Å². The lowest BCUT2D eigenvalue weighted by Gasteiger charge is -2.03. The van der Waals surface area contributed by atoms with Crippen LogP contribution in [-0.4, -0.2) is 14.4 Å². The molecule has 5 heteroatoms. The van der Waals surface area contributed by atoms with Crippen molar-refractivity contribution in [1.82, 2.24) is 14.4 Å². The summed E-state index contributed by atoms with van der Waals surface area (Å²) in [5.41, 5.74) is 6.68. The van der Waals surface area contributed by atoms with Crippen LogP contribution in [0.3, 0.4) is 0 Å². The summed E-state index contributed by atoms with van der Waals surface area (Å²) in [5, 5.41) is 1.01. The first-order chi connectivity index (χ1) is 13.8. The molecule has 0 aliphatic rings. The first-order valence-electron chi connectivity index (χ1n) is 9.11. The number of benzene rings is 3. The Labute approximate surface area is 169 Å². The van der Waals surface area contributed by atoms with E-state index in [0.29, 0.717) is 0 Å². The van der Waals surface area contributed by atoms with Crippen LogP contribution in [0.5, 0.6) is 0 Å². The highest BCUT2D eigenvalue weighted by Gasteiger charge is 2.22. The largest absolute Gasteiger partial charge is 0.280 e. The molecule has 3 aromatic carbocycles. The van der Waals surface area contributed by atoms with E-state index in [4.69, 9.17) is 9.97 Å². The standard InChI is InChI=1S/C23H15N3S2/c1-14-11-12-17-19(13-14)28-23-25-20(15-7-3-2-4-8-15)21(26(17)23)22-24-16-9-5-6-10-18(16)27-22/h2-13H,1H3. The van der Waals surface area contributed by atoms with Gasteiger partial charge in [-0.1, -0.05) is 59.9 Å². The van der Waals surface area contributed by atoms with Gasteiger partial charge in [-0.3, -0.25) is 4.40 Å². The summed E-state index contributed by atoms with van der Waals surface area (Å²) in [7, 11) is 0. The van der Waals surface area contributed by atoms with E-state index in [1.807, 2.05) is 12.1 Å². The summed E-state index contributed by atoms with van der Waals surface area (Å²) in [6, 6.07) is 25.3. The Morgan fingerprint density at radius 1 is 0.786 bits per heavy atom. The normalized spacial score (nSPS) is 11.8. The van der Waals surface area contributed by atoms with Gasteiger partial charge in [-0.2, -0.15) is 0 Å². The third-order valence-electron chi connectivity index (χ3n) is 4.95. The first kappa shape index (κ1) is 16.0. The molecule has 0 N–H and O–H groups in total. The SMILES string of the molecule is Cc1ccc2c(c1)sc1nc(-c3ccccc3)c(-c3nc4ccccc4s3)n12. The van der Waals surface area contributed by atoms with E-state index in [-0.39, 0.29) is 0 Å². The highest BCUT2D eigenvalue weighted by atomic mass is 32.1. The lowest BCUT2D eigenvalue weighted by Crippen LogP contribution is -1.88. The number of hydrogen-bond acceptors (Lipinski definition) is 4. The predicted molar refractivity (Wildman–Crippen MR) is 119 cm³/mol. The molecule has 0 aliphatic carbocycles. The van der Waals surface area contributed by atoms with Gasteiger partial charge in [-0.25, -0.2) is 9.97 Å². The molecule has 6 aromatic rings. The van der Waals surface area contributed by atoms with E-state index in [1.54, 1.807) is 22.7 Å². The average molecular weight is 398 g/mol. The van der Waals surface area contributed by atoms with Crippen LogP contribution in [-0.2, 0) is 0 Å². The van der Waals surface area contributed by atoms with Gasteiger partial charge in [-0.05, 0) is 36.8 Å². The zero-order chi connectivity index (χ0) is 18.7. The molecule has 0 atom stereocenters. The number of thiazole rings is 2. The van der Waals surface area contributed by atoms with E-state index in [0.717, 1.165) is 32.4 Å². The van der Waals surface area contributed by atoms with Crippen LogP contribution in [0.1, 0.15) is 5.56 Å². The summed E-state index contributed by atoms with van der Waals surface area (Å²) in [4.78, 5) is 11.0. The van der Waals surface area contributed by atoms with E-state index >= 15 is 0 Å². The van der Waals surface area contributed by atoms with Crippen LogP contribution >= 0.6 is 22.7 Å². The molecule has 0 saturated heterocycles. The van der Waals surface area contributed by atoms with Crippen molar-refractivity contribution < 1.29 is 0 Å². The second-order valence-electron chi connectivity index (χ2n) is 6.85. The number of rotatable bonds is 2. The minimum atomic E-state index is 0.994. The third-order valence-corrected chi connectivity index (χ3v) is 6.99. The van der Waals surface area contributed by atoms with Crippen LogP contribution in [0.25, 0.3) is 47.4 Å². The van der Waals surface area contributed by atoms with Crippen LogP contribution in [0.2, 0.25) is 0 Å². The van der Waals surface area contributed by atoms with Crippen molar-refractivity contribution in [2.45, 2.75) is 6.92 Å². The monoisotopic (exact) mass is 397 g/mol. The second kappa shape index (κ2) is 5.99. The van der Waals surface area contributed by atoms with Crippen LogP contribution in [0, 0.1) is 6.92 Å². The Morgan fingerprint density at radius 3 is 2.46 bits per heavy atom. The van der Waals surface area contributed by atoms with Crippen LogP contribution in [0.4, 0.5) is 0 Å². The zero-order valence-corrected chi connectivity index (χ0v) is 16.7. The smallest absolute Gasteiger partial charge is 0.195 e. The van der Waals surface area contributed by atoms with Gasteiger partial charge in [0.25, 0.3) is 0 Å². The lowest BCUT2D eigenvalue weighted by atomic mass is 10.1. The fourth-order valence-electron chi connectivity index (χ4n) is 3.65. The van der Waals surface area contributed by atoms with E-state index in [1.165, 1.54) is 20.5 Å². The highest BCUT2D eigenvalue weighted by molar-refractivity contribution is 7.24. The molecule has 6 rings (SSSR count). The van der Waals surface area contributed by atoms with Crippen molar-refractivity contribution >= 4 is 48.1 Å². The molecule has 28 heavy (non-hydrogen) atoms. The molecule has 3 nitrogen and oxygen atoms in total. The number of aromatic nitrogens is 3. The quantitative estimate of drug-likeness (QED) is 0.321. The Hall–Kier alpha value is -3.02. The molecular formula is C23H15N3S2. The van der Waals surface area contributed by atoms with Crippen LogP contribution < -0.4 is 0 Å². The molecule has 0 radical (unpaired) electrons. The molecule has 0 saturated carbocycles. The summed E-state index contributed by atoms with van der Waals surface area (Å²) in [6.07, 6.45) is 0.